The zero-order chi connectivity index (χ0) is 26.8. The zero-order valence-corrected chi connectivity index (χ0v) is 23.2. The summed E-state index contributed by atoms with van der Waals surface area (Å²) in [7, 11) is 0. The van der Waals surface area contributed by atoms with E-state index in [1.54, 1.807) is 11.1 Å². The van der Waals surface area contributed by atoms with E-state index in [0.29, 0.717) is 18.8 Å². The van der Waals surface area contributed by atoms with E-state index in [0.717, 1.165) is 50.4 Å². The quantitative estimate of drug-likeness (QED) is 0.153. The van der Waals surface area contributed by atoms with Gasteiger partial charge in [-0.15, -0.1) is 0 Å². The number of hydroxylamine groups is 1. The summed E-state index contributed by atoms with van der Waals surface area (Å²) < 4.78 is 0. The van der Waals surface area contributed by atoms with Crippen molar-refractivity contribution in [3.63, 3.8) is 0 Å². The van der Waals surface area contributed by atoms with Crippen LogP contribution in [0, 0.1) is 28.6 Å². The Morgan fingerprint density at radius 2 is 1.74 bits per heavy atom. The minimum absolute atomic E-state index is 0.161. The first-order valence-corrected chi connectivity index (χ1v) is 14.9. The maximum absolute atomic E-state index is 12.6. The molecule has 0 saturated heterocycles. The maximum atomic E-state index is 12.6. The number of carbonyl (C=O) groups excluding carboxylic acids is 2. The predicted octanol–water partition coefficient (Wildman–Crippen LogP) is 6.37. The lowest BCUT2D eigenvalue weighted by Gasteiger charge is -2.58. The van der Waals surface area contributed by atoms with Crippen molar-refractivity contribution < 1.29 is 14.8 Å². The average Bonchev–Trinajstić information content (AvgIpc) is 3.28. The van der Waals surface area contributed by atoms with Crippen molar-refractivity contribution in [1.29, 1.82) is 0 Å². The molecule has 3 N–H and O–H groups in total. The van der Waals surface area contributed by atoms with Crippen LogP contribution in [0.1, 0.15) is 103 Å². The van der Waals surface area contributed by atoms with Crippen molar-refractivity contribution in [2.75, 3.05) is 0 Å². The second kappa shape index (κ2) is 11.3. The van der Waals surface area contributed by atoms with Crippen molar-refractivity contribution in [2.24, 2.45) is 28.6 Å². The molecule has 6 nitrogen and oxygen atoms in total. The van der Waals surface area contributed by atoms with Gasteiger partial charge >= 0.3 is 0 Å². The van der Waals surface area contributed by atoms with Crippen LogP contribution in [-0.2, 0) is 9.59 Å². The van der Waals surface area contributed by atoms with Gasteiger partial charge in [0.05, 0.1) is 0 Å². The smallest absolute Gasteiger partial charge is 0.243 e. The van der Waals surface area contributed by atoms with E-state index in [4.69, 9.17) is 5.21 Å². The van der Waals surface area contributed by atoms with Gasteiger partial charge in [-0.25, -0.2) is 5.48 Å². The largest absolute Gasteiger partial charge is 0.353 e. The molecule has 0 aromatic carbocycles. The van der Waals surface area contributed by atoms with Gasteiger partial charge in [-0.3, -0.25) is 19.8 Å². The monoisotopic (exact) mass is 519 g/mol. The fourth-order valence-electron chi connectivity index (χ4n) is 8.60. The average molecular weight is 520 g/mol. The van der Waals surface area contributed by atoms with E-state index in [9.17, 15) is 9.59 Å². The van der Waals surface area contributed by atoms with E-state index in [1.807, 2.05) is 12.4 Å². The third-order valence-electron chi connectivity index (χ3n) is 10.7. The molecule has 1 heterocycles. The summed E-state index contributed by atoms with van der Waals surface area (Å²) in [6, 6.07) is 4.55. The van der Waals surface area contributed by atoms with Crippen molar-refractivity contribution in [3.05, 3.63) is 47.8 Å². The summed E-state index contributed by atoms with van der Waals surface area (Å²) >= 11 is 0. The third kappa shape index (κ3) is 5.21. The lowest BCUT2D eigenvalue weighted by atomic mass is 9.47. The first kappa shape index (κ1) is 27.1. The summed E-state index contributed by atoms with van der Waals surface area (Å²) in [5.41, 5.74) is 6.61. The van der Waals surface area contributed by atoms with Crippen LogP contribution in [0.4, 0.5) is 0 Å². The lowest BCUT2D eigenvalue weighted by Crippen LogP contribution is -2.51. The Morgan fingerprint density at radius 3 is 2.47 bits per heavy atom. The van der Waals surface area contributed by atoms with Gasteiger partial charge in [-0.1, -0.05) is 50.5 Å². The molecule has 4 aliphatic carbocycles. The fraction of sp³-hybridized carbons (Fsp3) is 0.656. The molecule has 2 amide bonds. The number of fused-ring (bicyclic) bond motifs is 5. The van der Waals surface area contributed by atoms with E-state index in [-0.39, 0.29) is 28.7 Å². The maximum Gasteiger partial charge on any atom is 0.243 e. The Kier molecular flexibility index (Phi) is 8.08. The molecule has 0 radical (unpaired) electrons. The van der Waals surface area contributed by atoms with Gasteiger partial charge in [0.25, 0.3) is 0 Å². The second-order valence-corrected chi connectivity index (χ2v) is 12.8. The summed E-state index contributed by atoms with van der Waals surface area (Å²) in [6.45, 7) is 5.04. The number of rotatable bonds is 9. The molecule has 0 spiro atoms. The molecule has 38 heavy (non-hydrogen) atoms. The van der Waals surface area contributed by atoms with Gasteiger partial charge < -0.3 is 5.32 Å². The van der Waals surface area contributed by atoms with Crippen LogP contribution in [0.25, 0.3) is 5.57 Å². The normalized spacial score (nSPS) is 33.8. The molecule has 0 aliphatic heterocycles. The number of aromatic nitrogens is 1. The van der Waals surface area contributed by atoms with Crippen LogP contribution in [0.15, 0.2) is 42.3 Å². The second-order valence-electron chi connectivity index (χ2n) is 12.8. The molecule has 1 aromatic rings. The van der Waals surface area contributed by atoms with Gasteiger partial charge in [0.1, 0.15) is 0 Å². The third-order valence-corrected chi connectivity index (χ3v) is 10.7. The van der Waals surface area contributed by atoms with E-state index in [2.05, 4.69) is 48.4 Å². The first-order valence-electron chi connectivity index (χ1n) is 14.9. The van der Waals surface area contributed by atoms with Gasteiger partial charge in [-0.05, 0) is 104 Å². The first-order chi connectivity index (χ1) is 18.3. The van der Waals surface area contributed by atoms with Crippen molar-refractivity contribution in [1.82, 2.24) is 15.8 Å². The lowest BCUT2D eigenvalue weighted by molar-refractivity contribution is -0.129. The van der Waals surface area contributed by atoms with Gasteiger partial charge in [0.2, 0.25) is 11.8 Å². The molecule has 4 aliphatic rings. The summed E-state index contributed by atoms with van der Waals surface area (Å²) in [4.78, 5) is 28.1. The van der Waals surface area contributed by atoms with Crippen LogP contribution < -0.4 is 10.8 Å². The molecule has 1 aromatic heterocycles. The Balaban J connectivity index is 1.15. The molecule has 2 fully saturated rings. The number of allylic oxidation sites excluding steroid dienone is 3. The number of carbonyl (C=O) groups is 2. The topological polar surface area (TPSA) is 91.3 Å². The molecule has 2 saturated carbocycles. The highest BCUT2D eigenvalue weighted by Gasteiger charge is 2.56. The molecule has 3 unspecified atom stereocenters. The summed E-state index contributed by atoms with van der Waals surface area (Å²) in [6.07, 6.45) is 21.5. The number of pyridine rings is 1. The highest BCUT2D eigenvalue weighted by atomic mass is 16.5. The highest BCUT2D eigenvalue weighted by Crippen LogP contribution is 2.66. The standard InChI is InChI=1S/C32H45N3O3/c1-31-17-15-24(34-29(36)9-5-3-4-6-10-30(37)35-38)20-23(31)11-12-25-27-14-13-26(22-8-7-19-33-21-22)32(27,2)18-16-28(25)31/h7-8,11,13,19,21,24-25,27-28,38H,3-6,9-10,12,14-18,20H2,1-2H3,(H,34,36)(H,35,37)/t24-,25?,27?,28?,31+,32-/m1/s1. The molecule has 206 valence electrons. The number of hydrogen-bond acceptors (Lipinski definition) is 4. The Bertz CT molecular complexity index is 1080. The Hall–Kier alpha value is -2.47. The predicted molar refractivity (Wildman–Crippen MR) is 149 cm³/mol. The molecule has 0 bridgehead atoms. The Labute approximate surface area is 227 Å². The van der Waals surface area contributed by atoms with Crippen molar-refractivity contribution >= 4 is 17.4 Å². The number of unbranched alkanes of at least 4 members (excludes halogenated alkanes) is 3. The van der Waals surface area contributed by atoms with Crippen molar-refractivity contribution in [2.45, 2.75) is 103 Å². The van der Waals surface area contributed by atoms with Gasteiger partial charge in [0.15, 0.2) is 0 Å². The molecule has 5 rings (SSSR count). The van der Waals surface area contributed by atoms with Crippen LogP contribution in [0.2, 0.25) is 0 Å². The number of nitrogens with one attached hydrogen (secondary N) is 2. The SMILES string of the molecule is C[C@]12CC[C@@H](NC(=O)CCCCCCC(=O)NO)CC1=CCC1C2CC[C@]2(C)C(c3cccnc3)=CCC12. The molecule has 6 heteroatoms. The van der Waals surface area contributed by atoms with E-state index >= 15 is 0 Å². The Morgan fingerprint density at radius 1 is 0.974 bits per heavy atom. The van der Waals surface area contributed by atoms with E-state index < -0.39 is 0 Å². The molecular weight excluding hydrogens is 474 g/mol. The number of hydrogen-bond donors (Lipinski definition) is 3. The number of nitrogens with zero attached hydrogens (tertiary/aromatic N) is 1. The zero-order valence-electron chi connectivity index (χ0n) is 23.2. The van der Waals surface area contributed by atoms with Crippen LogP contribution in [0.3, 0.4) is 0 Å². The van der Waals surface area contributed by atoms with Crippen LogP contribution >= 0.6 is 0 Å². The van der Waals surface area contributed by atoms with E-state index in [1.165, 1.54) is 43.2 Å². The van der Waals surface area contributed by atoms with Crippen LogP contribution in [0.5, 0.6) is 0 Å². The molecular formula is C32H45N3O3. The fourth-order valence-corrected chi connectivity index (χ4v) is 8.60. The summed E-state index contributed by atoms with van der Waals surface area (Å²) in [5, 5.41) is 11.9. The highest BCUT2D eigenvalue weighted by molar-refractivity contribution is 5.76. The molecule has 6 atom stereocenters. The minimum Gasteiger partial charge on any atom is -0.353 e. The van der Waals surface area contributed by atoms with Gasteiger partial charge in [0, 0.05) is 31.3 Å². The summed E-state index contributed by atoms with van der Waals surface area (Å²) in [5.74, 6) is 2.01. The van der Waals surface area contributed by atoms with Crippen molar-refractivity contribution in [3.8, 4) is 0 Å². The number of amides is 2. The minimum atomic E-state index is -0.341. The van der Waals surface area contributed by atoms with Crippen LogP contribution in [-0.4, -0.2) is 28.0 Å². The van der Waals surface area contributed by atoms with Gasteiger partial charge in [-0.2, -0.15) is 0 Å².